The summed E-state index contributed by atoms with van der Waals surface area (Å²) in [6.45, 7) is 2.00. The number of hydrogen-bond acceptors (Lipinski definition) is 1. The highest BCUT2D eigenvalue weighted by atomic mass is 35.5. The molecule has 1 nitrogen and oxygen atoms in total. The molecule has 0 unspecified atom stereocenters. The van der Waals surface area contributed by atoms with Gasteiger partial charge < -0.3 is 0 Å². The fourth-order valence-electron chi connectivity index (χ4n) is 1.28. The molecule has 16 heavy (non-hydrogen) atoms. The van der Waals surface area contributed by atoms with Crippen molar-refractivity contribution in [2.45, 2.75) is 26.2 Å². The lowest BCUT2D eigenvalue weighted by molar-refractivity contribution is 0.0980. The minimum atomic E-state index is -0.124. The van der Waals surface area contributed by atoms with Crippen LogP contribution in [0.5, 0.6) is 0 Å². The van der Waals surface area contributed by atoms with E-state index in [2.05, 4.69) is 0 Å². The Balaban J connectivity index is 3.16. The number of unbranched alkanes of at least 4 members (excludes halogenated alkanes) is 1. The van der Waals surface area contributed by atoms with Crippen molar-refractivity contribution >= 4 is 52.2 Å². The molecule has 0 fully saturated rings. The van der Waals surface area contributed by atoms with E-state index < -0.39 is 0 Å². The van der Waals surface area contributed by atoms with Gasteiger partial charge in [-0.15, -0.1) is 0 Å². The molecule has 1 aromatic carbocycles. The summed E-state index contributed by atoms with van der Waals surface area (Å²) >= 11 is 23.6. The zero-order chi connectivity index (χ0) is 12.3. The maximum absolute atomic E-state index is 11.9. The number of carbonyl (C=O) groups is 1. The van der Waals surface area contributed by atoms with Crippen molar-refractivity contribution in [3.8, 4) is 0 Å². The molecule has 0 aromatic heterocycles. The Labute approximate surface area is 115 Å². The minimum absolute atomic E-state index is 0.124. The maximum atomic E-state index is 11.9. The molecule has 0 heterocycles. The summed E-state index contributed by atoms with van der Waals surface area (Å²) in [4.78, 5) is 11.9. The number of hydrogen-bond donors (Lipinski definition) is 0. The first kappa shape index (κ1) is 14.1. The van der Waals surface area contributed by atoms with Gasteiger partial charge in [-0.2, -0.15) is 0 Å². The third-order valence-corrected chi connectivity index (χ3v) is 3.72. The zero-order valence-electron chi connectivity index (χ0n) is 8.62. The summed E-state index contributed by atoms with van der Waals surface area (Å²) in [7, 11) is 0. The Morgan fingerprint density at radius 2 is 1.62 bits per heavy atom. The summed E-state index contributed by atoms with van der Waals surface area (Å²) < 4.78 is 0. The molecule has 0 saturated heterocycles. The van der Waals surface area contributed by atoms with E-state index in [1.165, 1.54) is 6.07 Å². The summed E-state index contributed by atoms with van der Waals surface area (Å²) in [5, 5.41) is 0.848. The molecule has 88 valence electrons. The van der Waals surface area contributed by atoms with Gasteiger partial charge in [0.15, 0.2) is 5.78 Å². The van der Waals surface area contributed by atoms with Gasteiger partial charge in [0.1, 0.15) is 0 Å². The molecule has 0 aliphatic carbocycles. The molecule has 0 amide bonds. The maximum Gasteiger partial charge on any atom is 0.165 e. The Kier molecular flexibility index (Phi) is 5.39. The SMILES string of the molecule is CCCCC(=O)c1c(Cl)c(Cl)cc(Cl)c1Cl. The van der Waals surface area contributed by atoms with Gasteiger partial charge in [-0.25, -0.2) is 0 Å². The van der Waals surface area contributed by atoms with Gasteiger partial charge in [0.05, 0.1) is 25.7 Å². The van der Waals surface area contributed by atoms with Crippen LogP contribution in [0.4, 0.5) is 0 Å². The summed E-state index contributed by atoms with van der Waals surface area (Å²) in [6.07, 6.45) is 2.11. The van der Waals surface area contributed by atoms with E-state index >= 15 is 0 Å². The Morgan fingerprint density at radius 3 is 2.06 bits per heavy atom. The molecule has 0 aliphatic rings. The summed E-state index contributed by atoms with van der Waals surface area (Å²) in [5.41, 5.74) is 0.231. The number of ketones is 1. The van der Waals surface area contributed by atoms with E-state index in [0.717, 1.165) is 12.8 Å². The van der Waals surface area contributed by atoms with E-state index in [-0.39, 0.29) is 31.4 Å². The van der Waals surface area contributed by atoms with Gasteiger partial charge in [-0.3, -0.25) is 4.79 Å². The Morgan fingerprint density at radius 1 is 1.12 bits per heavy atom. The van der Waals surface area contributed by atoms with E-state index in [1.807, 2.05) is 6.92 Å². The highest BCUT2D eigenvalue weighted by Crippen LogP contribution is 2.37. The Bertz CT molecular complexity index is 389. The van der Waals surface area contributed by atoms with Crippen molar-refractivity contribution in [1.29, 1.82) is 0 Å². The van der Waals surface area contributed by atoms with Crippen LogP contribution in [0.1, 0.15) is 36.5 Å². The number of rotatable bonds is 4. The van der Waals surface area contributed by atoms with Crippen LogP contribution in [0.25, 0.3) is 0 Å². The average Bonchev–Trinajstić information content (AvgIpc) is 2.24. The number of halogens is 4. The van der Waals surface area contributed by atoms with Gasteiger partial charge >= 0.3 is 0 Å². The molecule has 0 N–H and O–H groups in total. The van der Waals surface area contributed by atoms with Crippen LogP contribution in [0, 0.1) is 0 Å². The lowest BCUT2D eigenvalue weighted by Gasteiger charge is -2.08. The zero-order valence-corrected chi connectivity index (χ0v) is 11.6. The van der Waals surface area contributed by atoms with Gasteiger partial charge in [-0.1, -0.05) is 59.7 Å². The molecule has 5 heteroatoms. The number of Topliss-reactive ketones (excluding diaryl/α,β-unsaturated/α-hetero) is 1. The smallest absolute Gasteiger partial charge is 0.165 e. The first-order valence-electron chi connectivity index (χ1n) is 4.85. The van der Waals surface area contributed by atoms with E-state index in [1.54, 1.807) is 0 Å². The highest BCUT2D eigenvalue weighted by Gasteiger charge is 2.19. The van der Waals surface area contributed by atoms with Gasteiger partial charge in [0.25, 0.3) is 0 Å². The fourth-order valence-corrected chi connectivity index (χ4v) is 2.30. The lowest BCUT2D eigenvalue weighted by Crippen LogP contribution is -2.02. The summed E-state index contributed by atoms with van der Waals surface area (Å²) in [6, 6.07) is 1.43. The Hall–Kier alpha value is 0.0500. The minimum Gasteiger partial charge on any atom is -0.294 e. The van der Waals surface area contributed by atoms with Crippen LogP contribution < -0.4 is 0 Å². The topological polar surface area (TPSA) is 17.1 Å². The van der Waals surface area contributed by atoms with Crippen molar-refractivity contribution in [3.63, 3.8) is 0 Å². The molecule has 0 bridgehead atoms. The van der Waals surface area contributed by atoms with E-state index in [4.69, 9.17) is 46.4 Å². The van der Waals surface area contributed by atoms with Crippen molar-refractivity contribution in [1.82, 2.24) is 0 Å². The molecule has 0 saturated carbocycles. The third kappa shape index (κ3) is 3.04. The largest absolute Gasteiger partial charge is 0.294 e. The van der Waals surface area contributed by atoms with Crippen LogP contribution in [0.2, 0.25) is 20.1 Å². The van der Waals surface area contributed by atoms with Gasteiger partial charge in [-0.05, 0) is 12.5 Å². The molecule has 0 aliphatic heterocycles. The molecular weight excluding hydrogens is 290 g/mol. The molecule has 0 radical (unpaired) electrons. The normalized spacial score (nSPS) is 10.6. The molecular formula is C11H10Cl4O. The van der Waals surface area contributed by atoms with E-state index in [9.17, 15) is 4.79 Å². The van der Waals surface area contributed by atoms with Crippen LogP contribution in [-0.4, -0.2) is 5.78 Å². The second-order valence-electron chi connectivity index (χ2n) is 3.37. The second kappa shape index (κ2) is 6.11. The van der Waals surface area contributed by atoms with Crippen LogP contribution in [0.3, 0.4) is 0 Å². The van der Waals surface area contributed by atoms with Crippen molar-refractivity contribution in [3.05, 3.63) is 31.7 Å². The fraction of sp³-hybridized carbons (Fsp3) is 0.364. The van der Waals surface area contributed by atoms with Crippen LogP contribution >= 0.6 is 46.4 Å². The standard InChI is InChI=1S/C11H10Cl4O/c1-2-3-4-8(16)9-10(14)6(12)5-7(13)11(9)15/h5H,2-4H2,1H3. The molecule has 1 rings (SSSR count). The first-order chi connectivity index (χ1) is 7.49. The monoisotopic (exact) mass is 298 g/mol. The van der Waals surface area contributed by atoms with Crippen molar-refractivity contribution in [2.75, 3.05) is 0 Å². The first-order valence-corrected chi connectivity index (χ1v) is 6.36. The molecule has 0 spiro atoms. The highest BCUT2D eigenvalue weighted by molar-refractivity contribution is 6.50. The number of benzene rings is 1. The summed E-state index contributed by atoms with van der Waals surface area (Å²) in [5.74, 6) is -0.124. The van der Waals surface area contributed by atoms with Crippen LogP contribution in [-0.2, 0) is 0 Å². The average molecular weight is 300 g/mol. The quantitative estimate of drug-likeness (QED) is 0.517. The van der Waals surface area contributed by atoms with Crippen molar-refractivity contribution in [2.24, 2.45) is 0 Å². The van der Waals surface area contributed by atoms with Gasteiger partial charge in [0, 0.05) is 6.42 Å². The number of carbonyl (C=O) groups excluding carboxylic acids is 1. The molecule has 1 aromatic rings. The van der Waals surface area contributed by atoms with Gasteiger partial charge in [0.2, 0.25) is 0 Å². The van der Waals surface area contributed by atoms with Crippen LogP contribution in [0.15, 0.2) is 6.07 Å². The predicted molar refractivity (Wildman–Crippen MR) is 70.3 cm³/mol. The second-order valence-corrected chi connectivity index (χ2v) is 4.94. The molecule has 0 atom stereocenters. The predicted octanol–water partition coefficient (Wildman–Crippen LogP) is 5.67. The van der Waals surface area contributed by atoms with E-state index in [0.29, 0.717) is 6.42 Å². The lowest BCUT2D eigenvalue weighted by atomic mass is 10.1. The third-order valence-electron chi connectivity index (χ3n) is 2.15. The van der Waals surface area contributed by atoms with Crippen molar-refractivity contribution < 1.29 is 4.79 Å².